The number of sulfonamides is 1. The zero-order valence-electron chi connectivity index (χ0n) is 16.0. The third-order valence-corrected chi connectivity index (χ3v) is 5.50. The molecule has 29 heavy (non-hydrogen) atoms. The lowest BCUT2D eigenvalue weighted by atomic mass is 10.2. The van der Waals surface area contributed by atoms with Crippen molar-refractivity contribution in [2.24, 2.45) is 0 Å². The van der Waals surface area contributed by atoms with Crippen molar-refractivity contribution in [2.45, 2.75) is 18.4 Å². The van der Waals surface area contributed by atoms with E-state index >= 15 is 0 Å². The van der Waals surface area contributed by atoms with Crippen LogP contribution in [0, 0.1) is 0 Å². The second kappa shape index (κ2) is 9.25. The van der Waals surface area contributed by atoms with Gasteiger partial charge in [0.05, 0.1) is 11.5 Å². The monoisotopic (exact) mass is 410 g/mol. The van der Waals surface area contributed by atoms with Gasteiger partial charge < -0.3 is 10.1 Å². The van der Waals surface area contributed by atoms with Gasteiger partial charge in [-0.05, 0) is 55.0 Å². The molecule has 0 radical (unpaired) electrons. The summed E-state index contributed by atoms with van der Waals surface area (Å²) in [5, 5.41) is 2.80. The number of rotatable bonds is 8. The van der Waals surface area contributed by atoms with E-state index in [-0.39, 0.29) is 16.4 Å². The molecule has 1 amide bonds. The Morgan fingerprint density at radius 2 is 1.66 bits per heavy atom. The molecule has 0 aliphatic heterocycles. The van der Waals surface area contributed by atoms with Crippen molar-refractivity contribution in [2.75, 3.05) is 11.3 Å². The lowest BCUT2D eigenvalue weighted by Gasteiger charge is -2.10. The highest BCUT2D eigenvalue weighted by Gasteiger charge is 2.16. The van der Waals surface area contributed by atoms with Crippen LogP contribution < -0.4 is 14.8 Å². The van der Waals surface area contributed by atoms with Crippen LogP contribution in [0.3, 0.4) is 0 Å². The van der Waals surface area contributed by atoms with Gasteiger partial charge in [-0.2, -0.15) is 0 Å². The topological polar surface area (TPSA) is 84.5 Å². The van der Waals surface area contributed by atoms with Crippen LogP contribution in [-0.2, 0) is 16.6 Å². The van der Waals surface area contributed by atoms with Crippen LogP contribution in [-0.4, -0.2) is 20.9 Å². The van der Waals surface area contributed by atoms with Gasteiger partial charge in [-0.25, -0.2) is 8.42 Å². The molecular formula is C22H22N2O4S. The van der Waals surface area contributed by atoms with Gasteiger partial charge in [0.2, 0.25) is 0 Å². The van der Waals surface area contributed by atoms with Crippen molar-refractivity contribution >= 4 is 21.6 Å². The molecule has 7 heteroatoms. The highest BCUT2D eigenvalue weighted by Crippen LogP contribution is 2.17. The van der Waals surface area contributed by atoms with E-state index in [9.17, 15) is 13.2 Å². The SMILES string of the molecule is CCOc1ccc(CNC(=O)c2cccc(S(=O)(=O)Nc3ccccc3)c2)cc1. The first-order chi connectivity index (χ1) is 14.0. The van der Waals surface area contributed by atoms with Gasteiger partial charge in [-0.1, -0.05) is 36.4 Å². The van der Waals surface area contributed by atoms with Crippen LogP contribution >= 0.6 is 0 Å². The van der Waals surface area contributed by atoms with E-state index in [1.165, 1.54) is 12.1 Å². The maximum absolute atomic E-state index is 12.6. The number of carbonyl (C=O) groups is 1. The number of ether oxygens (including phenoxy) is 1. The molecule has 0 saturated heterocycles. The van der Waals surface area contributed by atoms with E-state index in [0.717, 1.165) is 11.3 Å². The number of carbonyl (C=O) groups excluding carboxylic acids is 1. The predicted octanol–water partition coefficient (Wildman–Crippen LogP) is 3.82. The Kier molecular flexibility index (Phi) is 6.51. The molecule has 0 aliphatic carbocycles. The number of benzene rings is 3. The molecule has 0 unspecified atom stereocenters. The zero-order valence-corrected chi connectivity index (χ0v) is 16.8. The predicted molar refractivity (Wildman–Crippen MR) is 112 cm³/mol. The summed E-state index contributed by atoms with van der Waals surface area (Å²) in [5.74, 6) is 0.419. The summed E-state index contributed by atoms with van der Waals surface area (Å²) >= 11 is 0. The maximum atomic E-state index is 12.6. The Bertz CT molecular complexity index is 1070. The third-order valence-electron chi connectivity index (χ3n) is 4.12. The quantitative estimate of drug-likeness (QED) is 0.591. The van der Waals surface area contributed by atoms with Crippen molar-refractivity contribution in [1.29, 1.82) is 0 Å². The normalized spacial score (nSPS) is 10.9. The lowest BCUT2D eigenvalue weighted by Crippen LogP contribution is -2.23. The first-order valence-electron chi connectivity index (χ1n) is 9.16. The van der Waals surface area contributed by atoms with Crippen molar-refractivity contribution < 1.29 is 17.9 Å². The van der Waals surface area contributed by atoms with Crippen LogP contribution in [0.1, 0.15) is 22.8 Å². The Labute approximate surface area is 170 Å². The molecule has 0 saturated carbocycles. The average Bonchev–Trinajstić information content (AvgIpc) is 2.74. The molecule has 0 bridgehead atoms. The summed E-state index contributed by atoms with van der Waals surface area (Å²) in [6.45, 7) is 2.83. The van der Waals surface area contributed by atoms with Crippen LogP contribution in [0.4, 0.5) is 5.69 Å². The van der Waals surface area contributed by atoms with E-state index < -0.39 is 10.0 Å². The first-order valence-corrected chi connectivity index (χ1v) is 10.6. The van der Waals surface area contributed by atoms with Gasteiger partial charge in [-0.15, -0.1) is 0 Å². The summed E-state index contributed by atoms with van der Waals surface area (Å²) < 4.78 is 33.1. The van der Waals surface area contributed by atoms with Crippen LogP contribution in [0.15, 0.2) is 83.8 Å². The number of amides is 1. The molecule has 2 N–H and O–H groups in total. The fourth-order valence-corrected chi connectivity index (χ4v) is 3.78. The molecular weight excluding hydrogens is 388 g/mol. The van der Waals surface area contributed by atoms with Crippen molar-refractivity contribution in [3.05, 3.63) is 90.0 Å². The summed E-state index contributed by atoms with van der Waals surface area (Å²) in [7, 11) is -3.79. The van der Waals surface area contributed by atoms with E-state index in [2.05, 4.69) is 10.0 Å². The first kappa shape index (κ1) is 20.4. The third kappa shape index (κ3) is 5.58. The van der Waals surface area contributed by atoms with Crippen molar-refractivity contribution in [1.82, 2.24) is 5.32 Å². The summed E-state index contributed by atoms with van der Waals surface area (Å²) in [6.07, 6.45) is 0. The fourth-order valence-electron chi connectivity index (χ4n) is 2.68. The Morgan fingerprint density at radius 3 is 2.34 bits per heavy atom. The second-order valence-corrected chi connectivity index (χ2v) is 7.94. The van der Waals surface area contributed by atoms with Gasteiger partial charge >= 0.3 is 0 Å². The molecule has 0 spiro atoms. The van der Waals surface area contributed by atoms with E-state index in [4.69, 9.17) is 4.74 Å². The number of hydrogen-bond acceptors (Lipinski definition) is 4. The maximum Gasteiger partial charge on any atom is 0.261 e. The molecule has 0 aliphatic rings. The summed E-state index contributed by atoms with van der Waals surface area (Å²) in [5.41, 5.74) is 1.64. The van der Waals surface area contributed by atoms with Gasteiger partial charge in [0, 0.05) is 17.8 Å². The standard InChI is InChI=1S/C22H22N2O4S/c1-2-28-20-13-11-17(12-14-20)16-23-22(25)18-7-6-10-21(15-18)29(26,27)24-19-8-4-3-5-9-19/h3-15,24H,2,16H2,1H3,(H,23,25). The molecule has 150 valence electrons. The molecule has 0 aromatic heterocycles. The van der Waals surface area contributed by atoms with Crippen molar-refractivity contribution in [3.63, 3.8) is 0 Å². The Morgan fingerprint density at radius 1 is 0.931 bits per heavy atom. The fraction of sp³-hybridized carbons (Fsp3) is 0.136. The van der Waals surface area contributed by atoms with Gasteiger partial charge in [0.15, 0.2) is 0 Å². The minimum Gasteiger partial charge on any atom is -0.494 e. The van der Waals surface area contributed by atoms with E-state index in [0.29, 0.717) is 18.8 Å². The number of anilines is 1. The van der Waals surface area contributed by atoms with Crippen molar-refractivity contribution in [3.8, 4) is 5.75 Å². The zero-order chi connectivity index (χ0) is 20.7. The molecule has 6 nitrogen and oxygen atoms in total. The minimum atomic E-state index is -3.79. The minimum absolute atomic E-state index is 0.0232. The molecule has 3 aromatic rings. The van der Waals surface area contributed by atoms with Gasteiger partial charge in [-0.3, -0.25) is 9.52 Å². The molecule has 0 fully saturated rings. The number of nitrogens with one attached hydrogen (secondary N) is 2. The second-order valence-electron chi connectivity index (χ2n) is 6.26. The smallest absolute Gasteiger partial charge is 0.261 e. The largest absolute Gasteiger partial charge is 0.494 e. The van der Waals surface area contributed by atoms with Gasteiger partial charge in [0.1, 0.15) is 5.75 Å². The number of hydrogen-bond donors (Lipinski definition) is 2. The average molecular weight is 410 g/mol. The summed E-state index contributed by atoms with van der Waals surface area (Å²) in [6, 6.07) is 22.0. The van der Waals surface area contributed by atoms with E-state index in [1.807, 2.05) is 31.2 Å². The van der Waals surface area contributed by atoms with Gasteiger partial charge in [0.25, 0.3) is 15.9 Å². The van der Waals surface area contributed by atoms with Crippen LogP contribution in [0.2, 0.25) is 0 Å². The lowest BCUT2D eigenvalue weighted by molar-refractivity contribution is 0.0950. The highest BCUT2D eigenvalue weighted by molar-refractivity contribution is 7.92. The highest BCUT2D eigenvalue weighted by atomic mass is 32.2. The van der Waals surface area contributed by atoms with E-state index in [1.54, 1.807) is 42.5 Å². The van der Waals surface area contributed by atoms with Crippen LogP contribution in [0.25, 0.3) is 0 Å². The Hall–Kier alpha value is -3.32. The van der Waals surface area contributed by atoms with Crippen LogP contribution in [0.5, 0.6) is 5.75 Å². The molecule has 3 aromatic carbocycles. The number of para-hydroxylation sites is 1. The molecule has 0 heterocycles. The molecule has 3 rings (SSSR count). The molecule has 0 atom stereocenters. The summed E-state index contributed by atoms with van der Waals surface area (Å²) in [4.78, 5) is 12.5. The Balaban J connectivity index is 1.67.